The van der Waals surface area contributed by atoms with Crippen LogP contribution in [0.25, 0.3) is 29.0 Å². The van der Waals surface area contributed by atoms with Crippen molar-refractivity contribution >= 4 is 23.2 Å². The van der Waals surface area contributed by atoms with Gasteiger partial charge in [-0.05, 0) is 48.0 Å². The molecule has 0 spiro atoms. The van der Waals surface area contributed by atoms with Crippen LogP contribution in [0.2, 0.25) is 0 Å². The van der Waals surface area contributed by atoms with E-state index in [0.717, 1.165) is 28.2 Å². The van der Waals surface area contributed by atoms with Crippen molar-refractivity contribution in [3.8, 4) is 11.6 Å². The molecule has 4 rings (SSSR count). The fraction of sp³-hybridized carbons (Fsp3) is 0. The number of imidazole rings is 1. The van der Waals surface area contributed by atoms with E-state index in [4.69, 9.17) is 4.98 Å². The van der Waals surface area contributed by atoms with Crippen LogP contribution in [-0.4, -0.2) is 19.6 Å². The van der Waals surface area contributed by atoms with Crippen LogP contribution >= 0.6 is 0 Å². The molecular formula is C20H15N3O. The molecule has 1 N–H and O–H groups in total. The van der Waals surface area contributed by atoms with Crippen molar-refractivity contribution in [1.82, 2.24) is 14.5 Å². The number of aromatic hydroxyl groups is 1. The van der Waals surface area contributed by atoms with Gasteiger partial charge < -0.3 is 5.11 Å². The topological polar surface area (TPSA) is 50.9 Å². The SMILES string of the molecule is Oc1cccc(C=Cc2nc3ccccc3n2-c2ccccn2)c1. The summed E-state index contributed by atoms with van der Waals surface area (Å²) in [6, 6.07) is 20.9. The largest absolute Gasteiger partial charge is 0.508 e. The van der Waals surface area contributed by atoms with E-state index in [-0.39, 0.29) is 5.75 Å². The van der Waals surface area contributed by atoms with Gasteiger partial charge in [0.05, 0.1) is 11.0 Å². The zero-order valence-electron chi connectivity index (χ0n) is 12.9. The monoisotopic (exact) mass is 313 g/mol. The zero-order chi connectivity index (χ0) is 16.4. The summed E-state index contributed by atoms with van der Waals surface area (Å²) in [5, 5.41) is 9.59. The summed E-state index contributed by atoms with van der Waals surface area (Å²) in [5.41, 5.74) is 2.83. The number of fused-ring (bicyclic) bond motifs is 1. The molecule has 4 nitrogen and oxygen atoms in total. The van der Waals surface area contributed by atoms with Crippen molar-refractivity contribution in [3.05, 3.63) is 84.3 Å². The Morgan fingerprint density at radius 1 is 0.875 bits per heavy atom. The molecule has 4 aromatic rings. The first kappa shape index (κ1) is 14.2. The minimum atomic E-state index is 0.246. The van der Waals surface area contributed by atoms with Crippen molar-refractivity contribution < 1.29 is 5.11 Å². The van der Waals surface area contributed by atoms with Crippen LogP contribution in [0, 0.1) is 0 Å². The van der Waals surface area contributed by atoms with Crippen LogP contribution in [0.1, 0.15) is 11.4 Å². The number of rotatable bonds is 3. The number of hydrogen-bond acceptors (Lipinski definition) is 3. The summed E-state index contributed by atoms with van der Waals surface area (Å²) < 4.78 is 2.02. The molecular weight excluding hydrogens is 298 g/mol. The molecule has 0 amide bonds. The van der Waals surface area contributed by atoms with Gasteiger partial charge in [-0.1, -0.05) is 36.4 Å². The van der Waals surface area contributed by atoms with Crippen LogP contribution in [-0.2, 0) is 0 Å². The van der Waals surface area contributed by atoms with E-state index < -0.39 is 0 Å². The van der Waals surface area contributed by atoms with Gasteiger partial charge >= 0.3 is 0 Å². The Balaban J connectivity index is 1.86. The van der Waals surface area contributed by atoms with Gasteiger partial charge in [0.1, 0.15) is 17.4 Å². The van der Waals surface area contributed by atoms with Crippen LogP contribution in [0.15, 0.2) is 72.9 Å². The number of phenols is 1. The Labute approximate surface area is 139 Å². The summed E-state index contributed by atoms with van der Waals surface area (Å²) in [5.74, 6) is 1.86. The first-order chi connectivity index (χ1) is 11.8. The number of nitrogens with zero attached hydrogens (tertiary/aromatic N) is 3. The van der Waals surface area contributed by atoms with E-state index in [1.807, 2.05) is 71.3 Å². The lowest BCUT2D eigenvalue weighted by Gasteiger charge is -2.05. The number of phenolic OH excluding ortho intramolecular Hbond substituents is 1. The second-order valence-corrected chi connectivity index (χ2v) is 5.41. The summed E-state index contributed by atoms with van der Waals surface area (Å²) in [7, 11) is 0. The highest BCUT2D eigenvalue weighted by Crippen LogP contribution is 2.22. The van der Waals surface area contributed by atoms with Crippen LogP contribution in [0.3, 0.4) is 0 Å². The van der Waals surface area contributed by atoms with Gasteiger partial charge in [0.2, 0.25) is 0 Å². The molecule has 2 aromatic heterocycles. The second kappa shape index (κ2) is 6.01. The molecule has 0 aliphatic heterocycles. The van der Waals surface area contributed by atoms with E-state index in [0.29, 0.717) is 0 Å². The van der Waals surface area contributed by atoms with Crippen molar-refractivity contribution in [2.75, 3.05) is 0 Å². The van der Waals surface area contributed by atoms with Gasteiger partial charge in [0.25, 0.3) is 0 Å². The van der Waals surface area contributed by atoms with Gasteiger partial charge in [0, 0.05) is 6.20 Å². The highest BCUT2D eigenvalue weighted by Gasteiger charge is 2.10. The average Bonchev–Trinajstić information content (AvgIpc) is 2.99. The number of aromatic nitrogens is 3. The number of pyridine rings is 1. The molecule has 0 saturated carbocycles. The van der Waals surface area contributed by atoms with E-state index in [1.165, 1.54) is 0 Å². The van der Waals surface area contributed by atoms with Gasteiger partial charge in [-0.2, -0.15) is 0 Å². The third-order valence-corrected chi connectivity index (χ3v) is 3.76. The average molecular weight is 313 g/mol. The van der Waals surface area contributed by atoms with Crippen LogP contribution in [0.4, 0.5) is 0 Å². The van der Waals surface area contributed by atoms with E-state index in [1.54, 1.807) is 18.3 Å². The Morgan fingerprint density at radius 2 is 1.75 bits per heavy atom. The molecule has 2 heterocycles. The maximum atomic E-state index is 9.59. The highest BCUT2D eigenvalue weighted by atomic mass is 16.3. The van der Waals surface area contributed by atoms with Gasteiger partial charge in [0.15, 0.2) is 0 Å². The molecule has 0 radical (unpaired) electrons. The molecule has 0 atom stereocenters. The normalized spacial score (nSPS) is 11.3. The van der Waals surface area contributed by atoms with Crippen LogP contribution < -0.4 is 0 Å². The van der Waals surface area contributed by atoms with Gasteiger partial charge in [-0.15, -0.1) is 0 Å². The lowest BCUT2D eigenvalue weighted by atomic mass is 10.2. The maximum Gasteiger partial charge on any atom is 0.139 e. The summed E-state index contributed by atoms with van der Waals surface area (Å²) >= 11 is 0. The lowest BCUT2D eigenvalue weighted by molar-refractivity contribution is 0.475. The zero-order valence-corrected chi connectivity index (χ0v) is 12.9. The summed E-state index contributed by atoms with van der Waals surface area (Å²) in [4.78, 5) is 9.15. The molecule has 2 aromatic carbocycles. The van der Waals surface area contributed by atoms with Crippen molar-refractivity contribution in [3.63, 3.8) is 0 Å². The van der Waals surface area contributed by atoms with Gasteiger partial charge in [-0.3, -0.25) is 4.57 Å². The van der Waals surface area contributed by atoms with Crippen molar-refractivity contribution in [2.24, 2.45) is 0 Å². The first-order valence-corrected chi connectivity index (χ1v) is 7.67. The van der Waals surface area contributed by atoms with Crippen molar-refractivity contribution in [1.29, 1.82) is 0 Å². The molecule has 0 saturated heterocycles. The number of para-hydroxylation sites is 2. The Morgan fingerprint density at radius 3 is 2.58 bits per heavy atom. The molecule has 4 heteroatoms. The third-order valence-electron chi connectivity index (χ3n) is 3.76. The second-order valence-electron chi connectivity index (χ2n) is 5.41. The maximum absolute atomic E-state index is 9.59. The predicted octanol–water partition coefficient (Wildman–Crippen LogP) is 4.30. The summed E-state index contributed by atoms with van der Waals surface area (Å²) in [6.45, 7) is 0. The van der Waals surface area contributed by atoms with Gasteiger partial charge in [-0.25, -0.2) is 9.97 Å². The quantitative estimate of drug-likeness (QED) is 0.613. The molecule has 0 aliphatic rings. The fourth-order valence-electron chi connectivity index (χ4n) is 2.68. The van der Waals surface area contributed by atoms with Crippen LogP contribution in [0.5, 0.6) is 5.75 Å². The van der Waals surface area contributed by atoms with E-state index in [9.17, 15) is 5.11 Å². The van der Waals surface area contributed by atoms with Crippen molar-refractivity contribution in [2.45, 2.75) is 0 Å². The molecule has 24 heavy (non-hydrogen) atoms. The smallest absolute Gasteiger partial charge is 0.139 e. The Kier molecular flexibility index (Phi) is 3.56. The molecule has 0 aliphatic carbocycles. The number of hydrogen-bond donors (Lipinski definition) is 1. The fourth-order valence-corrected chi connectivity index (χ4v) is 2.68. The van der Waals surface area contributed by atoms with E-state index in [2.05, 4.69) is 4.98 Å². The Bertz CT molecular complexity index is 1020. The number of benzene rings is 2. The Hall–Kier alpha value is -3.40. The molecule has 0 unspecified atom stereocenters. The highest BCUT2D eigenvalue weighted by molar-refractivity contribution is 5.81. The summed E-state index contributed by atoms with van der Waals surface area (Å²) in [6.07, 6.45) is 5.64. The molecule has 0 bridgehead atoms. The third kappa shape index (κ3) is 2.65. The minimum absolute atomic E-state index is 0.246. The first-order valence-electron chi connectivity index (χ1n) is 7.67. The standard InChI is InChI=1S/C20H15N3O/c24-16-7-5-6-15(14-16)11-12-20-22-17-8-1-2-9-18(17)23(20)19-10-3-4-13-21-19/h1-14,24H. The molecule has 116 valence electrons. The lowest BCUT2D eigenvalue weighted by Crippen LogP contribution is -1.99. The predicted molar refractivity (Wildman–Crippen MR) is 95.9 cm³/mol. The van der Waals surface area contributed by atoms with E-state index >= 15 is 0 Å². The minimum Gasteiger partial charge on any atom is -0.508 e. The molecule has 0 fully saturated rings.